The number of rotatable bonds is 6. The first kappa shape index (κ1) is 24.0. The molecule has 9 heteroatoms. The molecule has 28 heavy (non-hydrogen) atoms. The predicted octanol–water partition coefficient (Wildman–Crippen LogP) is 2.08. The summed E-state index contributed by atoms with van der Waals surface area (Å²) in [5, 5.41) is 5.98. The summed E-state index contributed by atoms with van der Waals surface area (Å²) >= 11 is 0. The number of carbonyl (C=O) groups is 2. The summed E-state index contributed by atoms with van der Waals surface area (Å²) in [5.74, 6) is 0.306. The molecule has 0 aromatic heterocycles. The summed E-state index contributed by atoms with van der Waals surface area (Å²) in [6, 6.07) is 7.51. The van der Waals surface area contributed by atoms with Crippen LogP contribution in [-0.2, 0) is 11.3 Å². The molecule has 1 fully saturated rings. The van der Waals surface area contributed by atoms with Gasteiger partial charge in [-0.25, -0.2) is 9.79 Å². The maximum Gasteiger partial charge on any atom is 0.409 e. The number of benzene rings is 1. The summed E-state index contributed by atoms with van der Waals surface area (Å²) in [5.41, 5.74) is 7.59. The van der Waals surface area contributed by atoms with Gasteiger partial charge in [-0.15, -0.1) is 24.0 Å². The van der Waals surface area contributed by atoms with Gasteiger partial charge in [0.25, 0.3) is 5.91 Å². The summed E-state index contributed by atoms with van der Waals surface area (Å²) < 4.78 is 5.02. The second-order valence-electron chi connectivity index (χ2n) is 6.36. The van der Waals surface area contributed by atoms with Crippen LogP contribution in [0.5, 0.6) is 0 Å². The lowest BCUT2D eigenvalue weighted by molar-refractivity contribution is 0.0950. The molecule has 8 nitrogen and oxygen atoms in total. The molecule has 2 rings (SSSR count). The molecule has 1 aromatic carbocycles. The first-order valence-electron chi connectivity index (χ1n) is 9.38. The van der Waals surface area contributed by atoms with Crippen LogP contribution in [0.15, 0.2) is 29.3 Å². The summed E-state index contributed by atoms with van der Waals surface area (Å²) in [7, 11) is 0. The third-order valence-corrected chi connectivity index (χ3v) is 4.36. The molecular weight excluding hydrogens is 473 g/mol. The molecule has 0 spiro atoms. The highest BCUT2D eigenvalue weighted by molar-refractivity contribution is 14.0. The zero-order valence-electron chi connectivity index (χ0n) is 16.4. The van der Waals surface area contributed by atoms with E-state index >= 15 is 0 Å². The third kappa shape index (κ3) is 7.53. The minimum absolute atomic E-state index is 0. The minimum Gasteiger partial charge on any atom is -0.450 e. The molecule has 0 aliphatic carbocycles. The number of amides is 2. The lowest BCUT2D eigenvalue weighted by atomic mass is 10.1. The largest absolute Gasteiger partial charge is 0.450 e. The van der Waals surface area contributed by atoms with E-state index in [1.807, 2.05) is 19.1 Å². The van der Waals surface area contributed by atoms with Gasteiger partial charge in [0.05, 0.1) is 13.2 Å². The number of piperidine rings is 1. The van der Waals surface area contributed by atoms with E-state index in [1.165, 1.54) is 0 Å². The van der Waals surface area contributed by atoms with Crippen LogP contribution in [0.4, 0.5) is 4.79 Å². The smallest absolute Gasteiger partial charge is 0.409 e. The molecule has 1 aromatic rings. The highest BCUT2D eigenvalue weighted by Crippen LogP contribution is 2.11. The van der Waals surface area contributed by atoms with Crippen molar-refractivity contribution in [2.24, 2.45) is 10.7 Å². The molecule has 1 heterocycles. The fourth-order valence-corrected chi connectivity index (χ4v) is 2.88. The number of aliphatic imine (C=N–C) groups is 1. The molecule has 1 aliphatic heterocycles. The number of ether oxygens (including phenoxy) is 1. The fourth-order valence-electron chi connectivity index (χ4n) is 2.88. The maximum absolute atomic E-state index is 11.7. The van der Waals surface area contributed by atoms with Gasteiger partial charge in [-0.2, -0.15) is 0 Å². The molecule has 156 valence electrons. The SMILES string of the molecule is CCNC(=O)c1ccc(CN=C(N)NC2CCN(C(=O)OCC)CC2)cc1.I. The molecule has 0 unspecified atom stereocenters. The zero-order valence-corrected chi connectivity index (χ0v) is 18.8. The third-order valence-electron chi connectivity index (χ3n) is 4.36. The minimum atomic E-state index is -0.256. The van der Waals surface area contributed by atoms with Crippen LogP contribution >= 0.6 is 24.0 Å². The Morgan fingerprint density at radius 3 is 2.43 bits per heavy atom. The molecule has 4 N–H and O–H groups in total. The van der Waals surface area contributed by atoms with Crippen molar-refractivity contribution in [2.45, 2.75) is 39.3 Å². The van der Waals surface area contributed by atoms with Gasteiger partial charge in [0.2, 0.25) is 0 Å². The van der Waals surface area contributed by atoms with Crippen LogP contribution < -0.4 is 16.4 Å². The molecule has 2 amide bonds. The van der Waals surface area contributed by atoms with Crippen molar-refractivity contribution in [3.63, 3.8) is 0 Å². The van der Waals surface area contributed by atoms with E-state index in [0.717, 1.165) is 18.4 Å². The average Bonchev–Trinajstić information content (AvgIpc) is 2.68. The Bertz CT molecular complexity index is 658. The first-order valence-corrected chi connectivity index (χ1v) is 9.38. The van der Waals surface area contributed by atoms with Crippen molar-refractivity contribution < 1.29 is 14.3 Å². The molecule has 0 saturated carbocycles. The van der Waals surface area contributed by atoms with Gasteiger partial charge >= 0.3 is 6.09 Å². The first-order chi connectivity index (χ1) is 13.0. The van der Waals surface area contributed by atoms with Crippen molar-refractivity contribution in [3.8, 4) is 0 Å². The number of halogens is 1. The molecule has 0 radical (unpaired) electrons. The van der Waals surface area contributed by atoms with E-state index in [9.17, 15) is 9.59 Å². The molecule has 1 saturated heterocycles. The van der Waals surface area contributed by atoms with Gasteiger partial charge in [-0.05, 0) is 44.4 Å². The van der Waals surface area contributed by atoms with Gasteiger partial charge in [0.15, 0.2) is 5.96 Å². The van der Waals surface area contributed by atoms with Crippen molar-refractivity contribution in [1.29, 1.82) is 0 Å². The van der Waals surface area contributed by atoms with E-state index in [2.05, 4.69) is 15.6 Å². The Hall–Kier alpha value is -2.04. The van der Waals surface area contributed by atoms with E-state index in [4.69, 9.17) is 10.5 Å². The number of hydrogen-bond donors (Lipinski definition) is 3. The normalized spacial score (nSPS) is 14.8. The van der Waals surface area contributed by atoms with Gasteiger partial charge in [-0.3, -0.25) is 4.79 Å². The Balaban J connectivity index is 0.00000392. The van der Waals surface area contributed by atoms with E-state index < -0.39 is 0 Å². The van der Waals surface area contributed by atoms with E-state index in [0.29, 0.717) is 44.3 Å². The predicted molar refractivity (Wildman–Crippen MR) is 120 cm³/mol. The maximum atomic E-state index is 11.7. The number of hydrogen-bond acceptors (Lipinski definition) is 4. The Kier molecular flexibility index (Phi) is 10.6. The van der Waals surface area contributed by atoms with Crippen LogP contribution in [0.3, 0.4) is 0 Å². The second-order valence-corrected chi connectivity index (χ2v) is 6.36. The number of guanidine groups is 1. The van der Waals surface area contributed by atoms with Crippen molar-refractivity contribution >= 4 is 41.9 Å². The highest BCUT2D eigenvalue weighted by Gasteiger charge is 2.23. The summed E-state index contributed by atoms with van der Waals surface area (Å²) in [6.07, 6.45) is 1.35. The standard InChI is InChI=1S/C19H29N5O3.HI/c1-3-21-17(25)15-7-5-14(6-8-15)13-22-18(20)23-16-9-11-24(12-10-16)19(26)27-4-2;/h5-8,16H,3-4,9-13H2,1-2H3,(H,21,25)(H3,20,22,23);1H. The number of nitrogens with two attached hydrogens (primary N) is 1. The number of carbonyl (C=O) groups excluding carboxylic acids is 2. The second kappa shape index (κ2) is 12.4. The molecular formula is C19H30IN5O3. The van der Waals surface area contributed by atoms with Gasteiger partial charge in [0.1, 0.15) is 0 Å². The summed E-state index contributed by atoms with van der Waals surface area (Å²) in [6.45, 7) is 6.41. The number of nitrogens with zero attached hydrogens (tertiary/aromatic N) is 2. The summed E-state index contributed by atoms with van der Waals surface area (Å²) in [4.78, 5) is 29.5. The number of likely N-dealkylation sites (tertiary alicyclic amines) is 1. The zero-order chi connectivity index (χ0) is 19.6. The topological polar surface area (TPSA) is 109 Å². The fraction of sp³-hybridized carbons (Fsp3) is 0.526. The lowest BCUT2D eigenvalue weighted by Crippen LogP contribution is -2.48. The van der Waals surface area contributed by atoms with Gasteiger partial charge < -0.3 is 26.0 Å². The quantitative estimate of drug-likeness (QED) is 0.313. The lowest BCUT2D eigenvalue weighted by Gasteiger charge is -2.31. The van der Waals surface area contributed by atoms with Crippen molar-refractivity contribution in [2.75, 3.05) is 26.2 Å². The highest BCUT2D eigenvalue weighted by atomic mass is 127. The van der Waals surface area contributed by atoms with Crippen molar-refractivity contribution in [3.05, 3.63) is 35.4 Å². The van der Waals surface area contributed by atoms with Crippen molar-refractivity contribution in [1.82, 2.24) is 15.5 Å². The van der Waals surface area contributed by atoms with Gasteiger partial charge in [0, 0.05) is 31.2 Å². The number of nitrogens with one attached hydrogen (secondary N) is 2. The molecule has 0 atom stereocenters. The van der Waals surface area contributed by atoms with Gasteiger partial charge in [-0.1, -0.05) is 12.1 Å². The van der Waals surface area contributed by atoms with Crippen LogP contribution in [0, 0.1) is 0 Å². The Labute approximate surface area is 183 Å². The molecule has 1 aliphatic rings. The van der Waals surface area contributed by atoms with Crippen LogP contribution in [-0.4, -0.2) is 55.1 Å². The Morgan fingerprint density at radius 1 is 1.21 bits per heavy atom. The van der Waals surface area contributed by atoms with E-state index in [-0.39, 0.29) is 42.0 Å². The average molecular weight is 503 g/mol. The van der Waals surface area contributed by atoms with E-state index in [1.54, 1.807) is 24.0 Å². The monoisotopic (exact) mass is 503 g/mol. The van der Waals surface area contributed by atoms with Crippen LogP contribution in [0.1, 0.15) is 42.6 Å². The molecule has 0 bridgehead atoms. The van der Waals surface area contributed by atoms with Crippen LogP contribution in [0.2, 0.25) is 0 Å². The van der Waals surface area contributed by atoms with Crippen LogP contribution in [0.25, 0.3) is 0 Å². The Morgan fingerprint density at radius 2 is 1.86 bits per heavy atom.